The molecule has 0 atom stereocenters. The molecule has 3 heterocycles. The van der Waals surface area contributed by atoms with E-state index >= 15 is 0 Å². The predicted octanol–water partition coefficient (Wildman–Crippen LogP) is 3.39. The number of primary amides is 1. The quantitative estimate of drug-likeness (QED) is 0.435. The Morgan fingerprint density at radius 1 is 1.29 bits per heavy atom. The van der Waals surface area contributed by atoms with Crippen molar-refractivity contribution < 1.29 is 18.7 Å². The molecule has 11 heteroatoms. The summed E-state index contributed by atoms with van der Waals surface area (Å²) in [5.74, 6) is -1.07. The van der Waals surface area contributed by atoms with Gasteiger partial charge in [-0.2, -0.15) is 5.10 Å². The summed E-state index contributed by atoms with van der Waals surface area (Å²) < 4.78 is 12.2. The van der Waals surface area contributed by atoms with Crippen LogP contribution in [0.2, 0.25) is 5.02 Å². The number of esters is 1. The highest BCUT2D eigenvalue weighted by Gasteiger charge is 2.29. The summed E-state index contributed by atoms with van der Waals surface area (Å²) in [5.41, 5.74) is 6.57. The summed E-state index contributed by atoms with van der Waals surface area (Å²) in [7, 11) is 0. The number of amides is 1. The van der Waals surface area contributed by atoms with Crippen LogP contribution in [0.4, 0.5) is 11.7 Å². The van der Waals surface area contributed by atoms with Crippen LogP contribution in [0.1, 0.15) is 33.4 Å². The van der Waals surface area contributed by atoms with Gasteiger partial charge in [-0.3, -0.25) is 4.79 Å². The molecule has 31 heavy (non-hydrogen) atoms. The zero-order valence-electron chi connectivity index (χ0n) is 16.5. The van der Waals surface area contributed by atoms with E-state index in [-0.39, 0.29) is 29.4 Å². The van der Waals surface area contributed by atoms with Gasteiger partial charge in [-0.1, -0.05) is 17.7 Å². The molecule has 10 nitrogen and oxygen atoms in total. The smallest absolute Gasteiger partial charge is 0.342 e. The number of carbonyl (C=O) groups is 2. The second-order valence-corrected chi connectivity index (χ2v) is 6.88. The predicted molar refractivity (Wildman–Crippen MR) is 113 cm³/mol. The zero-order chi connectivity index (χ0) is 22.1. The van der Waals surface area contributed by atoms with Crippen LogP contribution in [-0.2, 0) is 4.74 Å². The monoisotopic (exact) mass is 440 g/mol. The second-order valence-electron chi connectivity index (χ2n) is 6.44. The molecule has 0 saturated carbocycles. The van der Waals surface area contributed by atoms with Crippen molar-refractivity contribution in [2.24, 2.45) is 5.73 Å². The average Bonchev–Trinajstić information content (AvgIpc) is 3.30. The van der Waals surface area contributed by atoms with Crippen molar-refractivity contribution in [1.82, 2.24) is 19.7 Å². The highest BCUT2D eigenvalue weighted by molar-refractivity contribution is 6.30. The number of anilines is 2. The van der Waals surface area contributed by atoms with E-state index < -0.39 is 11.9 Å². The molecule has 0 saturated heterocycles. The number of nitrogens with one attached hydrogen (secondary N) is 1. The van der Waals surface area contributed by atoms with Crippen molar-refractivity contribution in [2.75, 3.05) is 11.9 Å². The van der Waals surface area contributed by atoms with Crippen molar-refractivity contribution in [1.29, 1.82) is 0 Å². The minimum absolute atomic E-state index is 0.0245. The van der Waals surface area contributed by atoms with Gasteiger partial charge in [0, 0.05) is 5.02 Å². The second kappa shape index (κ2) is 8.07. The van der Waals surface area contributed by atoms with Gasteiger partial charge < -0.3 is 20.2 Å². The van der Waals surface area contributed by atoms with E-state index in [1.165, 1.54) is 13.3 Å². The summed E-state index contributed by atoms with van der Waals surface area (Å²) in [4.78, 5) is 32.9. The van der Waals surface area contributed by atoms with E-state index in [4.69, 9.17) is 26.5 Å². The molecule has 0 aliphatic heterocycles. The van der Waals surface area contributed by atoms with Gasteiger partial charge in [0.25, 0.3) is 5.91 Å². The number of nitrogens with zero attached hydrogens (tertiary/aromatic N) is 4. The Kier molecular flexibility index (Phi) is 5.30. The minimum Gasteiger partial charge on any atom is -0.462 e. The number of aromatic nitrogens is 4. The molecule has 0 spiro atoms. The lowest BCUT2D eigenvalue weighted by atomic mass is 10.1. The lowest BCUT2D eigenvalue weighted by Gasteiger charge is -2.07. The Hall–Kier alpha value is -3.92. The summed E-state index contributed by atoms with van der Waals surface area (Å²) >= 11 is 6.08. The molecule has 0 radical (unpaired) electrons. The maximum atomic E-state index is 12.3. The molecular formula is C20H17ClN6O4. The molecule has 0 aliphatic carbocycles. The summed E-state index contributed by atoms with van der Waals surface area (Å²) in [6, 6.07) is 7.13. The Morgan fingerprint density at radius 2 is 2.10 bits per heavy atom. The molecule has 0 aliphatic rings. The zero-order valence-corrected chi connectivity index (χ0v) is 17.3. The molecule has 0 unspecified atom stereocenters. The Balaban J connectivity index is 1.79. The van der Waals surface area contributed by atoms with Crippen molar-refractivity contribution in [3.63, 3.8) is 0 Å². The summed E-state index contributed by atoms with van der Waals surface area (Å²) in [6.07, 6.45) is 2.89. The fraction of sp³-hybridized carbons (Fsp3) is 0.150. The number of fused-ring (bicyclic) bond motifs is 1. The first-order valence-electron chi connectivity index (χ1n) is 9.22. The number of halogens is 1. The maximum absolute atomic E-state index is 12.3. The minimum atomic E-state index is -0.845. The molecule has 3 aromatic heterocycles. The van der Waals surface area contributed by atoms with E-state index in [0.29, 0.717) is 27.6 Å². The number of rotatable bonds is 6. The maximum Gasteiger partial charge on any atom is 0.342 e. The lowest BCUT2D eigenvalue weighted by Crippen LogP contribution is -2.18. The van der Waals surface area contributed by atoms with Crippen LogP contribution >= 0.6 is 11.6 Å². The normalized spacial score (nSPS) is 10.9. The first-order chi connectivity index (χ1) is 14.9. The van der Waals surface area contributed by atoms with Crippen LogP contribution in [0.5, 0.6) is 0 Å². The third-order valence-corrected chi connectivity index (χ3v) is 4.70. The third kappa shape index (κ3) is 3.68. The number of hydrogen-bond acceptors (Lipinski definition) is 8. The molecule has 0 fully saturated rings. The van der Waals surface area contributed by atoms with Crippen molar-refractivity contribution >= 4 is 46.2 Å². The molecule has 3 N–H and O–H groups in total. The van der Waals surface area contributed by atoms with Crippen LogP contribution < -0.4 is 11.1 Å². The third-order valence-electron chi connectivity index (χ3n) is 4.46. The van der Waals surface area contributed by atoms with Crippen LogP contribution in [-0.4, -0.2) is 38.2 Å². The van der Waals surface area contributed by atoms with E-state index in [9.17, 15) is 9.59 Å². The van der Waals surface area contributed by atoms with Crippen LogP contribution in [0.3, 0.4) is 0 Å². The summed E-state index contributed by atoms with van der Waals surface area (Å²) in [6.45, 7) is 3.34. The topological polar surface area (TPSA) is 138 Å². The Bertz CT molecular complexity index is 1310. The average molecular weight is 441 g/mol. The van der Waals surface area contributed by atoms with Gasteiger partial charge in [0.2, 0.25) is 5.88 Å². The molecule has 1 aromatic carbocycles. The first kappa shape index (κ1) is 20.4. The fourth-order valence-electron chi connectivity index (χ4n) is 3.16. The van der Waals surface area contributed by atoms with E-state index in [1.807, 2.05) is 6.07 Å². The summed E-state index contributed by atoms with van der Waals surface area (Å²) in [5, 5.41) is 8.39. The Labute approximate surface area is 181 Å². The standard InChI is InChI=1S/C20H17ClN6O4/c1-3-30-20(29)14-10(2)31-19(15(14)16(22)28)26-17-13-8-25-27(18(13)24-9-23-17)12-6-4-5-11(21)7-12/h4-9H,3H2,1-2H3,(H2,22,28)(H,23,24,26). The number of nitrogens with two attached hydrogens (primary N) is 1. The van der Waals surface area contributed by atoms with Gasteiger partial charge in [0.15, 0.2) is 5.65 Å². The molecular weight excluding hydrogens is 424 g/mol. The van der Waals surface area contributed by atoms with E-state index in [2.05, 4.69) is 20.4 Å². The number of ether oxygens (including phenoxy) is 1. The van der Waals surface area contributed by atoms with Gasteiger partial charge in [-0.05, 0) is 32.0 Å². The number of aryl methyl sites for hydroxylation is 1. The van der Waals surface area contributed by atoms with Crippen LogP contribution in [0.25, 0.3) is 16.7 Å². The van der Waals surface area contributed by atoms with Gasteiger partial charge in [-0.25, -0.2) is 19.4 Å². The SMILES string of the molecule is CCOC(=O)c1c(C)oc(Nc2ncnc3c2cnn3-c2cccc(Cl)c2)c1C(N)=O. The number of hydrogen-bond donors (Lipinski definition) is 2. The van der Waals surface area contributed by atoms with Crippen molar-refractivity contribution in [2.45, 2.75) is 13.8 Å². The van der Waals surface area contributed by atoms with E-state index in [1.54, 1.807) is 36.0 Å². The van der Waals surface area contributed by atoms with Crippen molar-refractivity contribution in [3.05, 3.63) is 58.7 Å². The Morgan fingerprint density at radius 3 is 2.81 bits per heavy atom. The lowest BCUT2D eigenvalue weighted by molar-refractivity contribution is 0.0521. The van der Waals surface area contributed by atoms with Gasteiger partial charge >= 0.3 is 5.97 Å². The number of furan rings is 1. The highest BCUT2D eigenvalue weighted by atomic mass is 35.5. The number of benzene rings is 1. The van der Waals surface area contributed by atoms with Gasteiger partial charge in [-0.15, -0.1) is 0 Å². The van der Waals surface area contributed by atoms with Gasteiger partial charge in [0.1, 0.15) is 29.0 Å². The van der Waals surface area contributed by atoms with Crippen molar-refractivity contribution in [3.8, 4) is 5.69 Å². The first-order valence-corrected chi connectivity index (χ1v) is 9.60. The van der Waals surface area contributed by atoms with E-state index in [0.717, 1.165) is 0 Å². The fourth-order valence-corrected chi connectivity index (χ4v) is 3.35. The molecule has 4 aromatic rings. The molecule has 4 rings (SSSR count). The number of carbonyl (C=O) groups excluding carboxylic acids is 2. The van der Waals surface area contributed by atoms with Crippen LogP contribution in [0, 0.1) is 6.92 Å². The molecule has 0 bridgehead atoms. The molecule has 1 amide bonds. The van der Waals surface area contributed by atoms with Gasteiger partial charge in [0.05, 0.1) is 23.9 Å². The highest BCUT2D eigenvalue weighted by Crippen LogP contribution is 2.32. The largest absolute Gasteiger partial charge is 0.462 e. The molecule has 158 valence electrons. The van der Waals surface area contributed by atoms with Crippen LogP contribution in [0.15, 0.2) is 41.2 Å².